The number of rotatable bonds is 4. The summed E-state index contributed by atoms with van der Waals surface area (Å²) in [4.78, 5) is 98.1. The number of nitrogens with zero attached hydrogens (tertiary/aromatic N) is 5. The molecule has 0 unspecified atom stereocenters. The number of methoxy groups -OCH3 is 1. The van der Waals surface area contributed by atoms with Gasteiger partial charge in [0, 0.05) is 28.4 Å². The Morgan fingerprint density at radius 1 is 0.512 bits per heavy atom. The molecule has 3 saturated heterocycles. The topological polar surface area (TPSA) is 182 Å². The number of aryl methyl sites for hydroxylation is 1. The molecule has 3 fully saturated rings. The van der Waals surface area contributed by atoms with Gasteiger partial charge >= 0.3 is 0 Å². The van der Waals surface area contributed by atoms with Gasteiger partial charge in [-0.25, -0.2) is 14.7 Å². The van der Waals surface area contributed by atoms with Gasteiger partial charge in [-0.3, -0.25) is 38.5 Å². The number of anilines is 3. The Morgan fingerprint density at radius 2 is 1.04 bits per heavy atom. The predicted molar refractivity (Wildman–Crippen MR) is 311 cm³/mol. The number of fused-ring (bicyclic) bond motifs is 12. The number of pyridine rings is 1. The van der Waals surface area contributed by atoms with Crippen molar-refractivity contribution in [3.63, 3.8) is 0 Å². The summed E-state index contributed by atoms with van der Waals surface area (Å²) in [6, 6.07) is 53.8. The second-order valence-corrected chi connectivity index (χ2v) is 21.6. The van der Waals surface area contributed by atoms with Crippen molar-refractivity contribution in [3.05, 3.63) is 232 Å². The highest BCUT2D eigenvalue weighted by molar-refractivity contribution is 6.36. The molecule has 0 aliphatic carbocycles. The van der Waals surface area contributed by atoms with Gasteiger partial charge in [-0.15, -0.1) is 0 Å². The number of hydrogen-bond donors (Lipinski definition) is 0. The SMILES string of the molecule is COc1c(C)ccc2c1C(=O)N1Cc3cc4c(cc3C[C@@H]21)OCO4.O=C1[C@@H]2[C@H](C(=O)N1c1ccccc1)[C@H]1CC[C@@H]2O1.O=C1c2cccc3cccc(c23)C(=O)N1c1ccccc1.O=C1c2ccccc2C(=O)N1c1cnc2ccccc2c1. The zero-order chi connectivity index (χ0) is 57.5. The third kappa shape index (κ3) is 8.38. The van der Waals surface area contributed by atoms with Gasteiger partial charge in [0.15, 0.2) is 11.5 Å². The van der Waals surface area contributed by atoms with Crippen molar-refractivity contribution < 1.29 is 52.5 Å². The molecular weight excluding hydrogens is 1060 g/mol. The van der Waals surface area contributed by atoms with Gasteiger partial charge in [0.2, 0.25) is 18.6 Å². The lowest BCUT2D eigenvalue weighted by atomic mass is 9.81. The van der Waals surface area contributed by atoms with E-state index in [0.717, 1.165) is 74.7 Å². The largest absolute Gasteiger partial charge is 0.496 e. The van der Waals surface area contributed by atoms with Crippen LogP contribution in [0.5, 0.6) is 17.2 Å². The maximum atomic E-state index is 13.0. The molecule has 17 rings (SSSR count). The van der Waals surface area contributed by atoms with E-state index in [1.165, 1.54) is 20.3 Å². The Bertz CT molecular complexity index is 4170. The predicted octanol–water partition coefficient (Wildman–Crippen LogP) is 11.0. The van der Waals surface area contributed by atoms with Crippen molar-refractivity contribution in [2.24, 2.45) is 11.8 Å². The molecule has 414 valence electrons. The van der Waals surface area contributed by atoms with E-state index in [1.54, 1.807) is 74.0 Å². The summed E-state index contributed by atoms with van der Waals surface area (Å²) in [5.74, 6) is 0.549. The minimum atomic E-state index is -0.298. The van der Waals surface area contributed by atoms with Crippen molar-refractivity contribution in [2.75, 3.05) is 28.6 Å². The highest BCUT2D eigenvalue weighted by Gasteiger charge is 2.62. The molecule has 16 heteroatoms. The van der Waals surface area contributed by atoms with Crippen LogP contribution in [0.25, 0.3) is 21.7 Å². The number of ether oxygens (including phenoxy) is 4. The van der Waals surface area contributed by atoms with E-state index in [1.807, 2.05) is 115 Å². The van der Waals surface area contributed by atoms with Crippen LogP contribution < -0.4 is 28.9 Å². The Balaban J connectivity index is 0.000000100. The van der Waals surface area contributed by atoms with Crippen molar-refractivity contribution in [1.29, 1.82) is 0 Å². The highest BCUT2D eigenvalue weighted by Crippen LogP contribution is 2.50. The normalized spacial score (nSPS) is 20.6. The maximum Gasteiger partial charge on any atom is 0.266 e. The number of benzene rings is 8. The van der Waals surface area contributed by atoms with E-state index < -0.39 is 0 Å². The molecule has 7 amide bonds. The molecule has 0 saturated carbocycles. The average Bonchev–Trinajstić information content (AvgIpc) is 3.76. The minimum absolute atomic E-state index is 0.0369. The van der Waals surface area contributed by atoms with Crippen LogP contribution in [0.1, 0.15) is 92.9 Å². The summed E-state index contributed by atoms with van der Waals surface area (Å²) in [5.41, 5.74) is 9.76. The first-order chi connectivity index (χ1) is 41.0. The molecule has 0 spiro atoms. The number of carbonyl (C=O) groups is 7. The summed E-state index contributed by atoms with van der Waals surface area (Å²) in [7, 11) is 1.63. The summed E-state index contributed by atoms with van der Waals surface area (Å²) in [6.07, 6.45) is 4.09. The Kier molecular flexibility index (Phi) is 12.7. The lowest BCUT2D eigenvalue weighted by Gasteiger charge is -2.32. The molecule has 8 aliphatic rings. The van der Waals surface area contributed by atoms with Gasteiger partial charge in [-0.05, 0) is 127 Å². The van der Waals surface area contributed by atoms with Crippen molar-refractivity contribution in [1.82, 2.24) is 9.88 Å². The van der Waals surface area contributed by atoms with Gasteiger partial charge in [0.05, 0.1) is 82.7 Å². The molecule has 16 nitrogen and oxygen atoms in total. The number of amides is 7. The zero-order valence-corrected chi connectivity index (χ0v) is 45.5. The van der Waals surface area contributed by atoms with Crippen LogP contribution in [0.15, 0.2) is 182 Å². The van der Waals surface area contributed by atoms with Gasteiger partial charge in [0.25, 0.3) is 29.5 Å². The highest BCUT2D eigenvalue weighted by atomic mass is 16.7. The van der Waals surface area contributed by atoms with Gasteiger partial charge in [-0.2, -0.15) is 0 Å². The number of carbonyl (C=O) groups excluding carboxylic acids is 7. The zero-order valence-electron chi connectivity index (χ0n) is 45.5. The molecule has 2 bridgehead atoms. The number of imide groups is 3. The monoisotopic (exact) mass is 1110 g/mol. The number of aromatic nitrogens is 1. The molecule has 0 N–H and O–H groups in total. The third-order valence-electron chi connectivity index (χ3n) is 17.0. The van der Waals surface area contributed by atoms with E-state index in [4.69, 9.17) is 18.9 Å². The molecular formula is C68H51N5O11. The first-order valence-corrected chi connectivity index (χ1v) is 27.7. The fourth-order valence-corrected chi connectivity index (χ4v) is 13.1. The van der Waals surface area contributed by atoms with Crippen LogP contribution in [-0.4, -0.2) is 77.3 Å². The first kappa shape index (κ1) is 51.8. The molecule has 84 heavy (non-hydrogen) atoms. The molecule has 5 atom stereocenters. The van der Waals surface area contributed by atoms with Gasteiger partial charge in [-0.1, -0.05) is 103 Å². The summed E-state index contributed by atoms with van der Waals surface area (Å²) in [6.45, 7) is 2.83. The van der Waals surface area contributed by atoms with E-state index in [-0.39, 0.29) is 78.2 Å². The second kappa shape index (κ2) is 20.6. The van der Waals surface area contributed by atoms with Crippen molar-refractivity contribution in [2.45, 2.75) is 51.0 Å². The Morgan fingerprint density at radius 3 is 1.65 bits per heavy atom. The quantitative estimate of drug-likeness (QED) is 0.152. The second-order valence-electron chi connectivity index (χ2n) is 21.6. The van der Waals surface area contributed by atoms with Crippen molar-refractivity contribution in [3.8, 4) is 17.2 Å². The molecule has 8 aromatic carbocycles. The summed E-state index contributed by atoms with van der Waals surface area (Å²) in [5, 5.41) is 2.56. The molecule has 0 radical (unpaired) electrons. The first-order valence-electron chi connectivity index (χ1n) is 27.7. The smallest absolute Gasteiger partial charge is 0.266 e. The third-order valence-corrected chi connectivity index (χ3v) is 17.0. The van der Waals surface area contributed by atoms with E-state index >= 15 is 0 Å². The van der Waals surface area contributed by atoms with Crippen LogP contribution in [0, 0.1) is 18.8 Å². The number of para-hydroxylation sites is 3. The van der Waals surface area contributed by atoms with E-state index in [0.29, 0.717) is 51.6 Å². The van der Waals surface area contributed by atoms with Crippen LogP contribution in [-0.2, 0) is 27.3 Å². The number of hydrogen-bond acceptors (Lipinski definition) is 12. The average molecular weight is 1110 g/mol. The molecule has 9 heterocycles. The minimum Gasteiger partial charge on any atom is -0.496 e. The molecule has 9 aromatic rings. The Hall–Kier alpha value is -10.3. The van der Waals surface area contributed by atoms with E-state index in [9.17, 15) is 33.6 Å². The van der Waals surface area contributed by atoms with Gasteiger partial charge < -0.3 is 23.8 Å². The molecule has 1 aromatic heterocycles. The summed E-state index contributed by atoms with van der Waals surface area (Å²) < 4.78 is 22.2. The van der Waals surface area contributed by atoms with Crippen LogP contribution in [0.3, 0.4) is 0 Å². The van der Waals surface area contributed by atoms with Gasteiger partial charge in [0.1, 0.15) is 5.75 Å². The lowest BCUT2D eigenvalue weighted by molar-refractivity contribution is -0.124. The lowest BCUT2D eigenvalue weighted by Crippen LogP contribution is -2.40. The summed E-state index contributed by atoms with van der Waals surface area (Å²) >= 11 is 0. The van der Waals surface area contributed by atoms with Crippen LogP contribution in [0.2, 0.25) is 0 Å². The van der Waals surface area contributed by atoms with E-state index in [2.05, 4.69) is 17.1 Å². The fourth-order valence-electron chi connectivity index (χ4n) is 13.1. The fraction of sp³-hybridized carbons (Fsp3) is 0.176. The van der Waals surface area contributed by atoms with Crippen LogP contribution in [0.4, 0.5) is 17.1 Å². The standard InChI is InChI=1S/C19H17NO4.C18H11NO2.C17H10N2O2.C14H13NO3/c1-10-3-4-13-14-5-11-6-15-16(24-9-23-15)7-12(11)8-20(14)19(21)17(13)18(10)22-2;20-17-14-10-4-6-12-7-5-11-15(16(12)14)18(21)19(17)13-8-2-1-3-9-13;20-16-13-6-2-3-7-14(13)17(21)19(16)12-9-11-5-1-4-8-15(11)18-10-12;16-13-11-9-6-7-10(18-9)12(11)14(17)15(13)8-4-2-1-3-5-8/h3-4,6-7,14H,5,8-9H2,1-2H3;1-11H;1-10H;1-5,9-12H,6-7H2/t14-;;;9-,10+,11-,12+/m0.../s1. The maximum absolute atomic E-state index is 13.0. The Labute approximate surface area is 481 Å². The molecule has 8 aliphatic heterocycles. The van der Waals surface area contributed by atoms with Crippen LogP contribution >= 0.6 is 0 Å². The van der Waals surface area contributed by atoms with Crippen molar-refractivity contribution >= 4 is 80.1 Å².